The monoisotopic (exact) mass is 253 g/mol. The molecule has 0 radical (unpaired) electrons. The van der Waals surface area contributed by atoms with Crippen LogP contribution in [-0.2, 0) is 0 Å². The second kappa shape index (κ2) is 7.49. The third-order valence-electron chi connectivity index (χ3n) is 5.23. The van der Waals surface area contributed by atoms with Gasteiger partial charge >= 0.3 is 0 Å². The van der Waals surface area contributed by atoms with E-state index in [1.165, 1.54) is 57.8 Å². The summed E-state index contributed by atoms with van der Waals surface area (Å²) in [5.74, 6) is 2.22. The highest BCUT2D eigenvalue weighted by Crippen LogP contribution is 2.30. The fourth-order valence-electron chi connectivity index (χ4n) is 3.80. The summed E-state index contributed by atoms with van der Waals surface area (Å²) in [5, 5.41) is 13.3. The van der Waals surface area contributed by atoms with Crippen LogP contribution >= 0.6 is 0 Å². The molecule has 0 amide bonds. The molecule has 4 unspecified atom stereocenters. The third-order valence-corrected chi connectivity index (χ3v) is 5.23. The highest BCUT2D eigenvalue weighted by molar-refractivity contribution is 4.80. The molecule has 0 aromatic heterocycles. The predicted octanol–water partition coefficient (Wildman–Crippen LogP) is 3.34. The molecule has 0 heterocycles. The minimum atomic E-state index is 0.397. The topological polar surface area (TPSA) is 32.3 Å². The van der Waals surface area contributed by atoms with Gasteiger partial charge in [0.25, 0.3) is 0 Å². The van der Waals surface area contributed by atoms with Crippen molar-refractivity contribution in [2.45, 2.75) is 70.8 Å². The highest BCUT2D eigenvalue weighted by Gasteiger charge is 2.25. The Morgan fingerprint density at radius 3 is 2.44 bits per heavy atom. The molecule has 0 bridgehead atoms. The molecule has 2 rings (SSSR count). The Labute approximate surface area is 113 Å². The van der Waals surface area contributed by atoms with Crippen molar-refractivity contribution in [2.24, 2.45) is 17.8 Å². The standard InChI is InChI=1S/C16H31NO/c1-13-5-4-8-16(10-9-13)17-11-14-6-2-3-7-15(14)12-18/h13-18H,2-12H2,1H3. The van der Waals surface area contributed by atoms with Crippen molar-refractivity contribution in [3.63, 3.8) is 0 Å². The summed E-state index contributed by atoms with van der Waals surface area (Å²) in [6, 6.07) is 0.746. The molecule has 0 saturated heterocycles. The SMILES string of the molecule is CC1CCCC(NCC2CCCCC2CO)CC1. The van der Waals surface area contributed by atoms with Crippen molar-refractivity contribution in [1.82, 2.24) is 5.32 Å². The zero-order chi connectivity index (χ0) is 12.8. The first-order valence-corrected chi connectivity index (χ1v) is 8.14. The Morgan fingerprint density at radius 1 is 0.889 bits per heavy atom. The Bertz CT molecular complexity index is 231. The van der Waals surface area contributed by atoms with E-state index in [-0.39, 0.29) is 0 Å². The van der Waals surface area contributed by atoms with E-state index in [0.29, 0.717) is 12.5 Å². The van der Waals surface area contributed by atoms with E-state index in [9.17, 15) is 5.11 Å². The Hall–Kier alpha value is -0.0800. The largest absolute Gasteiger partial charge is 0.396 e. The van der Waals surface area contributed by atoms with Gasteiger partial charge in [-0.05, 0) is 56.4 Å². The van der Waals surface area contributed by atoms with Crippen molar-refractivity contribution >= 4 is 0 Å². The van der Waals surface area contributed by atoms with E-state index < -0.39 is 0 Å². The second-order valence-electron chi connectivity index (χ2n) is 6.71. The van der Waals surface area contributed by atoms with Gasteiger partial charge in [-0.2, -0.15) is 0 Å². The van der Waals surface area contributed by atoms with Gasteiger partial charge in [0.05, 0.1) is 0 Å². The summed E-state index contributed by atoms with van der Waals surface area (Å²) >= 11 is 0. The Balaban J connectivity index is 1.72. The molecular weight excluding hydrogens is 222 g/mol. The molecule has 0 aromatic rings. The molecule has 106 valence electrons. The van der Waals surface area contributed by atoms with E-state index in [2.05, 4.69) is 12.2 Å². The van der Waals surface area contributed by atoms with Crippen LogP contribution < -0.4 is 5.32 Å². The smallest absolute Gasteiger partial charge is 0.0462 e. The van der Waals surface area contributed by atoms with E-state index in [4.69, 9.17) is 0 Å². The van der Waals surface area contributed by atoms with Crippen molar-refractivity contribution in [3.05, 3.63) is 0 Å². The first-order valence-electron chi connectivity index (χ1n) is 8.14. The lowest BCUT2D eigenvalue weighted by molar-refractivity contribution is 0.130. The molecule has 18 heavy (non-hydrogen) atoms. The summed E-state index contributed by atoms with van der Waals surface area (Å²) < 4.78 is 0. The van der Waals surface area contributed by atoms with Gasteiger partial charge in [-0.15, -0.1) is 0 Å². The molecule has 0 aromatic carbocycles. The average Bonchev–Trinajstić information content (AvgIpc) is 2.61. The number of hydrogen-bond donors (Lipinski definition) is 2. The van der Waals surface area contributed by atoms with Crippen molar-refractivity contribution in [1.29, 1.82) is 0 Å². The van der Waals surface area contributed by atoms with Crippen molar-refractivity contribution < 1.29 is 5.11 Å². The van der Waals surface area contributed by atoms with Gasteiger partial charge in [0, 0.05) is 12.6 Å². The zero-order valence-corrected chi connectivity index (χ0v) is 12.0. The second-order valence-corrected chi connectivity index (χ2v) is 6.71. The van der Waals surface area contributed by atoms with Gasteiger partial charge < -0.3 is 10.4 Å². The van der Waals surface area contributed by atoms with Crippen molar-refractivity contribution in [3.8, 4) is 0 Å². The first-order chi connectivity index (χ1) is 8.79. The summed E-state index contributed by atoms with van der Waals surface area (Å²) in [5.41, 5.74) is 0. The van der Waals surface area contributed by atoms with Crippen LogP contribution in [0.5, 0.6) is 0 Å². The molecule has 2 nitrogen and oxygen atoms in total. The number of aliphatic hydroxyl groups is 1. The van der Waals surface area contributed by atoms with E-state index in [0.717, 1.165) is 24.4 Å². The van der Waals surface area contributed by atoms with Crippen LogP contribution in [0.4, 0.5) is 0 Å². The Morgan fingerprint density at radius 2 is 1.67 bits per heavy atom. The zero-order valence-electron chi connectivity index (χ0n) is 12.0. The fraction of sp³-hybridized carbons (Fsp3) is 1.00. The van der Waals surface area contributed by atoms with Crippen LogP contribution in [0.1, 0.15) is 64.7 Å². The lowest BCUT2D eigenvalue weighted by atomic mass is 9.79. The molecular formula is C16H31NO. The molecule has 4 atom stereocenters. The molecule has 2 heteroatoms. The van der Waals surface area contributed by atoms with Crippen LogP contribution in [0.3, 0.4) is 0 Å². The molecule has 2 aliphatic rings. The van der Waals surface area contributed by atoms with Gasteiger partial charge in [0.2, 0.25) is 0 Å². The third kappa shape index (κ3) is 4.24. The van der Waals surface area contributed by atoms with Gasteiger partial charge in [-0.1, -0.05) is 32.6 Å². The van der Waals surface area contributed by atoms with Gasteiger partial charge in [-0.25, -0.2) is 0 Å². The van der Waals surface area contributed by atoms with Gasteiger partial charge in [0.15, 0.2) is 0 Å². The first kappa shape index (κ1) is 14.3. The van der Waals surface area contributed by atoms with Crippen LogP contribution in [0, 0.1) is 17.8 Å². The molecule has 0 aliphatic heterocycles. The van der Waals surface area contributed by atoms with E-state index in [1.54, 1.807) is 0 Å². The van der Waals surface area contributed by atoms with E-state index >= 15 is 0 Å². The van der Waals surface area contributed by atoms with Crippen LogP contribution in [-0.4, -0.2) is 24.3 Å². The Kier molecular flexibility index (Phi) is 5.97. The van der Waals surface area contributed by atoms with Crippen molar-refractivity contribution in [2.75, 3.05) is 13.2 Å². The maximum absolute atomic E-state index is 9.45. The number of rotatable bonds is 4. The minimum absolute atomic E-state index is 0.397. The molecule has 2 fully saturated rings. The highest BCUT2D eigenvalue weighted by atomic mass is 16.3. The van der Waals surface area contributed by atoms with Gasteiger partial charge in [-0.3, -0.25) is 0 Å². The summed E-state index contributed by atoms with van der Waals surface area (Å²) in [7, 11) is 0. The van der Waals surface area contributed by atoms with Crippen LogP contribution in [0.25, 0.3) is 0 Å². The van der Waals surface area contributed by atoms with Crippen LogP contribution in [0.15, 0.2) is 0 Å². The molecule has 0 spiro atoms. The maximum atomic E-state index is 9.45. The number of aliphatic hydroxyl groups excluding tert-OH is 1. The predicted molar refractivity (Wildman–Crippen MR) is 76.6 cm³/mol. The lowest BCUT2D eigenvalue weighted by Gasteiger charge is -2.31. The van der Waals surface area contributed by atoms with E-state index in [1.807, 2.05) is 0 Å². The average molecular weight is 253 g/mol. The molecule has 2 N–H and O–H groups in total. The molecule has 2 saturated carbocycles. The molecule has 2 aliphatic carbocycles. The normalized spacial score (nSPS) is 38.3. The van der Waals surface area contributed by atoms with Gasteiger partial charge in [0.1, 0.15) is 0 Å². The number of hydrogen-bond acceptors (Lipinski definition) is 2. The summed E-state index contributed by atoms with van der Waals surface area (Å²) in [4.78, 5) is 0. The minimum Gasteiger partial charge on any atom is -0.396 e. The lowest BCUT2D eigenvalue weighted by Crippen LogP contribution is -2.37. The fourth-order valence-corrected chi connectivity index (χ4v) is 3.80. The maximum Gasteiger partial charge on any atom is 0.0462 e. The van der Waals surface area contributed by atoms with Crippen LogP contribution in [0.2, 0.25) is 0 Å². The summed E-state index contributed by atoms with van der Waals surface area (Å²) in [6.07, 6.45) is 12.2. The summed E-state index contributed by atoms with van der Waals surface area (Å²) in [6.45, 7) is 3.93. The quantitative estimate of drug-likeness (QED) is 0.753. The number of nitrogens with one attached hydrogen (secondary N) is 1.